The molecule has 2 aromatic rings. The Kier molecular flexibility index (Phi) is 4.42. The summed E-state index contributed by atoms with van der Waals surface area (Å²) in [5, 5.41) is 0. The topological polar surface area (TPSA) is 66.6 Å². The van der Waals surface area contributed by atoms with Gasteiger partial charge in [-0.05, 0) is 13.0 Å². The number of hydrogen-bond donors (Lipinski definition) is 1. The van der Waals surface area contributed by atoms with Gasteiger partial charge in [0.2, 0.25) is 5.88 Å². The van der Waals surface area contributed by atoms with E-state index in [4.69, 9.17) is 19.9 Å². The summed E-state index contributed by atoms with van der Waals surface area (Å²) in [6, 6.07) is 8.87. The van der Waals surface area contributed by atoms with E-state index in [0.29, 0.717) is 23.1 Å². The fraction of sp³-hybridized carbons (Fsp3) is 0.267. The zero-order valence-corrected chi connectivity index (χ0v) is 11.8. The molecule has 0 spiro atoms. The van der Waals surface area contributed by atoms with Gasteiger partial charge in [0, 0.05) is 36.0 Å². The van der Waals surface area contributed by atoms with Crippen LogP contribution in [-0.2, 0) is 0 Å². The van der Waals surface area contributed by atoms with Gasteiger partial charge < -0.3 is 19.9 Å². The number of ether oxygens (including phenoxy) is 3. The number of hydrogen-bond acceptors (Lipinski definition) is 5. The third-order valence-electron chi connectivity index (χ3n) is 2.83. The van der Waals surface area contributed by atoms with Crippen molar-refractivity contribution in [2.24, 2.45) is 5.73 Å². The fourth-order valence-electron chi connectivity index (χ4n) is 1.79. The summed E-state index contributed by atoms with van der Waals surface area (Å²) in [5.74, 6) is 2.37. The first-order valence-electron chi connectivity index (χ1n) is 6.25. The highest BCUT2D eigenvalue weighted by Gasteiger charge is 2.11. The molecule has 0 saturated carbocycles. The lowest BCUT2D eigenvalue weighted by Crippen LogP contribution is -2.07. The van der Waals surface area contributed by atoms with Gasteiger partial charge in [0.1, 0.15) is 17.2 Å². The second-order valence-corrected chi connectivity index (χ2v) is 4.34. The summed E-state index contributed by atoms with van der Waals surface area (Å²) in [6.45, 7) is 1.88. The van der Waals surface area contributed by atoms with E-state index in [2.05, 4.69) is 4.98 Å². The molecule has 2 rings (SSSR count). The van der Waals surface area contributed by atoms with Gasteiger partial charge in [-0.3, -0.25) is 0 Å². The molecule has 5 heteroatoms. The third kappa shape index (κ3) is 3.19. The van der Waals surface area contributed by atoms with Crippen molar-refractivity contribution >= 4 is 0 Å². The summed E-state index contributed by atoms with van der Waals surface area (Å²) in [7, 11) is 3.18. The summed E-state index contributed by atoms with van der Waals surface area (Å²) in [5.41, 5.74) is 6.75. The normalized spacial score (nSPS) is 11.8. The lowest BCUT2D eigenvalue weighted by Gasteiger charge is -2.13. The largest absolute Gasteiger partial charge is 0.496 e. The van der Waals surface area contributed by atoms with Gasteiger partial charge in [0.05, 0.1) is 14.2 Å². The Bertz CT molecular complexity index is 563. The number of benzene rings is 1. The molecule has 1 heterocycles. The molecule has 0 amide bonds. The van der Waals surface area contributed by atoms with Crippen molar-refractivity contribution in [3.63, 3.8) is 0 Å². The highest BCUT2D eigenvalue weighted by molar-refractivity contribution is 5.44. The van der Waals surface area contributed by atoms with Crippen molar-refractivity contribution in [3.05, 3.63) is 42.1 Å². The van der Waals surface area contributed by atoms with Gasteiger partial charge in [0.15, 0.2) is 0 Å². The van der Waals surface area contributed by atoms with Crippen molar-refractivity contribution in [2.75, 3.05) is 14.2 Å². The maximum Gasteiger partial charge on any atom is 0.223 e. The molecule has 2 N–H and O–H groups in total. The van der Waals surface area contributed by atoms with Gasteiger partial charge in [-0.25, -0.2) is 4.98 Å². The van der Waals surface area contributed by atoms with Crippen LogP contribution < -0.4 is 19.9 Å². The van der Waals surface area contributed by atoms with Gasteiger partial charge in [-0.1, -0.05) is 6.07 Å². The van der Waals surface area contributed by atoms with E-state index in [9.17, 15) is 0 Å². The highest BCUT2D eigenvalue weighted by Crippen LogP contribution is 2.32. The van der Waals surface area contributed by atoms with E-state index in [1.807, 2.05) is 19.1 Å². The molecule has 1 aromatic heterocycles. The fourth-order valence-corrected chi connectivity index (χ4v) is 1.79. The van der Waals surface area contributed by atoms with Crippen LogP contribution >= 0.6 is 0 Å². The Morgan fingerprint density at radius 2 is 1.65 bits per heavy atom. The SMILES string of the molecule is COc1cc(OC)cc(Oc2ncccc2[C@H](C)N)c1. The molecule has 0 aliphatic carbocycles. The third-order valence-corrected chi connectivity index (χ3v) is 2.83. The van der Waals surface area contributed by atoms with Crippen LogP contribution in [0.2, 0.25) is 0 Å². The molecule has 0 radical (unpaired) electrons. The molecule has 106 valence electrons. The number of methoxy groups -OCH3 is 2. The van der Waals surface area contributed by atoms with E-state index in [0.717, 1.165) is 5.56 Å². The van der Waals surface area contributed by atoms with Crippen molar-refractivity contribution in [3.8, 4) is 23.1 Å². The molecule has 5 nitrogen and oxygen atoms in total. The summed E-state index contributed by atoms with van der Waals surface area (Å²) in [6.07, 6.45) is 1.67. The smallest absolute Gasteiger partial charge is 0.223 e. The molecular formula is C15H18N2O3. The first-order valence-corrected chi connectivity index (χ1v) is 6.25. The van der Waals surface area contributed by atoms with Gasteiger partial charge in [-0.15, -0.1) is 0 Å². The van der Waals surface area contributed by atoms with E-state index >= 15 is 0 Å². The van der Waals surface area contributed by atoms with E-state index < -0.39 is 0 Å². The standard InChI is InChI=1S/C15H18N2O3/c1-10(16)14-5-4-6-17-15(14)20-13-8-11(18-2)7-12(9-13)19-3/h4-10H,16H2,1-3H3/t10-/m0/s1. The quantitative estimate of drug-likeness (QED) is 0.908. The van der Waals surface area contributed by atoms with Crippen LogP contribution in [0.4, 0.5) is 0 Å². The van der Waals surface area contributed by atoms with Crippen molar-refractivity contribution < 1.29 is 14.2 Å². The van der Waals surface area contributed by atoms with Crippen molar-refractivity contribution in [1.82, 2.24) is 4.98 Å². The average Bonchev–Trinajstić information content (AvgIpc) is 2.47. The van der Waals surface area contributed by atoms with E-state index in [-0.39, 0.29) is 6.04 Å². The van der Waals surface area contributed by atoms with Crippen LogP contribution in [0.5, 0.6) is 23.1 Å². The van der Waals surface area contributed by atoms with Crippen LogP contribution in [0, 0.1) is 0 Å². The predicted octanol–water partition coefficient (Wildman–Crippen LogP) is 2.91. The Morgan fingerprint density at radius 3 is 2.20 bits per heavy atom. The Hall–Kier alpha value is -2.27. The molecule has 0 aliphatic heterocycles. The number of pyridine rings is 1. The average molecular weight is 274 g/mol. The number of aromatic nitrogens is 1. The van der Waals surface area contributed by atoms with Crippen LogP contribution in [-0.4, -0.2) is 19.2 Å². The number of nitrogens with two attached hydrogens (primary N) is 1. The molecule has 0 unspecified atom stereocenters. The summed E-state index contributed by atoms with van der Waals surface area (Å²) < 4.78 is 16.2. The van der Waals surface area contributed by atoms with Gasteiger partial charge in [0.25, 0.3) is 0 Å². The maximum atomic E-state index is 5.91. The van der Waals surface area contributed by atoms with Gasteiger partial charge >= 0.3 is 0 Å². The predicted molar refractivity (Wildman–Crippen MR) is 76.5 cm³/mol. The molecule has 0 bridgehead atoms. The monoisotopic (exact) mass is 274 g/mol. The van der Waals surface area contributed by atoms with E-state index in [1.165, 1.54) is 0 Å². The van der Waals surface area contributed by atoms with Crippen LogP contribution in [0.15, 0.2) is 36.5 Å². The molecule has 0 saturated heterocycles. The van der Waals surface area contributed by atoms with E-state index in [1.54, 1.807) is 38.6 Å². The minimum absolute atomic E-state index is 0.161. The zero-order chi connectivity index (χ0) is 14.5. The zero-order valence-electron chi connectivity index (χ0n) is 11.8. The molecule has 0 aliphatic rings. The molecule has 20 heavy (non-hydrogen) atoms. The second-order valence-electron chi connectivity index (χ2n) is 4.34. The van der Waals surface area contributed by atoms with Crippen LogP contribution in [0.3, 0.4) is 0 Å². The number of nitrogens with zero attached hydrogens (tertiary/aromatic N) is 1. The van der Waals surface area contributed by atoms with Crippen LogP contribution in [0.25, 0.3) is 0 Å². The first-order chi connectivity index (χ1) is 9.63. The Labute approximate surface area is 118 Å². The highest BCUT2D eigenvalue weighted by atomic mass is 16.5. The minimum atomic E-state index is -0.161. The summed E-state index contributed by atoms with van der Waals surface area (Å²) >= 11 is 0. The minimum Gasteiger partial charge on any atom is -0.496 e. The van der Waals surface area contributed by atoms with Gasteiger partial charge in [-0.2, -0.15) is 0 Å². The Balaban J connectivity index is 2.34. The Morgan fingerprint density at radius 1 is 1.05 bits per heavy atom. The lowest BCUT2D eigenvalue weighted by atomic mass is 10.1. The van der Waals surface area contributed by atoms with Crippen LogP contribution in [0.1, 0.15) is 18.5 Å². The molecule has 1 atom stereocenters. The summed E-state index contributed by atoms with van der Waals surface area (Å²) in [4.78, 5) is 4.22. The molecular weight excluding hydrogens is 256 g/mol. The van der Waals surface area contributed by atoms with Crippen molar-refractivity contribution in [1.29, 1.82) is 0 Å². The molecule has 0 fully saturated rings. The second kappa shape index (κ2) is 6.25. The maximum absolute atomic E-state index is 5.91. The first kappa shape index (κ1) is 14.1. The molecule has 1 aromatic carbocycles. The lowest BCUT2D eigenvalue weighted by molar-refractivity contribution is 0.384. The van der Waals surface area contributed by atoms with Crippen molar-refractivity contribution in [2.45, 2.75) is 13.0 Å². The number of rotatable bonds is 5.